The first-order valence-corrected chi connectivity index (χ1v) is 7.40. The molecule has 0 unspecified atom stereocenters. The van der Waals surface area contributed by atoms with E-state index in [2.05, 4.69) is 5.32 Å². The molecule has 0 aliphatic heterocycles. The van der Waals surface area contributed by atoms with Gasteiger partial charge >= 0.3 is 0 Å². The Morgan fingerprint density at radius 2 is 1.95 bits per heavy atom. The number of nitrogens with two attached hydrogens (primary N) is 1. The zero-order valence-electron chi connectivity index (χ0n) is 11.0. The van der Waals surface area contributed by atoms with Gasteiger partial charge in [0.25, 0.3) is 5.91 Å². The number of nitrogens with one attached hydrogen (secondary N) is 1. The summed E-state index contributed by atoms with van der Waals surface area (Å²) in [5.41, 5.74) is 7.07. The second-order valence-corrected chi connectivity index (χ2v) is 5.72. The quantitative estimate of drug-likeness (QED) is 0.844. The fraction of sp³-hybridized carbons (Fsp3) is 0.133. The van der Waals surface area contributed by atoms with Crippen LogP contribution in [0.1, 0.15) is 17.3 Å². The Hall–Kier alpha value is -1.65. The summed E-state index contributed by atoms with van der Waals surface area (Å²) in [4.78, 5) is 13.9. The van der Waals surface area contributed by atoms with E-state index in [1.54, 1.807) is 12.1 Å². The molecule has 0 aliphatic rings. The van der Waals surface area contributed by atoms with E-state index in [0.717, 1.165) is 9.79 Å². The third-order valence-electron chi connectivity index (χ3n) is 2.63. The van der Waals surface area contributed by atoms with Gasteiger partial charge in [-0.15, -0.1) is 0 Å². The first-order chi connectivity index (χ1) is 9.60. The Morgan fingerprint density at radius 1 is 1.25 bits per heavy atom. The van der Waals surface area contributed by atoms with Crippen LogP contribution in [0.25, 0.3) is 0 Å². The van der Waals surface area contributed by atoms with Crippen LogP contribution in [0.4, 0.5) is 5.69 Å². The number of benzene rings is 2. The summed E-state index contributed by atoms with van der Waals surface area (Å²) in [5, 5.41) is 3.49. The molecule has 3 nitrogen and oxygen atoms in total. The van der Waals surface area contributed by atoms with Gasteiger partial charge in [-0.3, -0.25) is 4.79 Å². The van der Waals surface area contributed by atoms with Gasteiger partial charge in [-0.25, -0.2) is 0 Å². The van der Waals surface area contributed by atoms with Crippen LogP contribution in [-0.2, 0) is 0 Å². The van der Waals surface area contributed by atoms with Gasteiger partial charge in [-0.1, -0.05) is 23.4 Å². The van der Waals surface area contributed by atoms with Gasteiger partial charge in [0.1, 0.15) is 0 Å². The minimum Gasteiger partial charge on any atom is -0.399 e. The Balaban J connectivity index is 2.31. The largest absolute Gasteiger partial charge is 0.399 e. The molecule has 20 heavy (non-hydrogen) atoms. The van der Waals surface area contributed by atoms with Gasteiger partial charge in [-0.2, -0.15) is 0 Å². The fourth-order valence-electron chi connectivity index (χ4n) is 1.70. The smallest absolute Gasteiger partial charge is 0.252 e. The van der Waals surface area contributed by atoms with Crippen LogP contribution in [0, 0.1) is 0 Å². The van der Waals surface area contributed by atoms with E-state index in [4.69, 9.17) is 17.3 Å². The van der Waals surface area contributed by atoms with Crippen LogP contribution >= 0.6 is 23.4 Å². The molecule has 104 valence electrons. The van der Waals surface area contributed by atoms with Crippen molar-refractivity contribution in [3.05, 3.63) is 53.1 Å². The monoisotopic (exact) mass is 306 g/mol. The normalized spacial score (nSPS) is 10.3. The van der Waals surface area contributed by atoms with Gasteiger partial charge in [0, 0.05) is 27.0 Å². The summed E-state index contributed by atoms with van der Waals surface area (Å²) >= 11 is 7.36. The van der Waals surface area contributed by atoms with Crippen molar-refractivity contribution >= 4 is 35.0 Å². The summed E-state index contributed by atoms with van der Waals surface area (Å²) in [5.74, 6) is -0.0936. The number of amides is 1. The van der Waals surface area contributed by atoms with E-state index >= 15 is 0 Å². The average molecular weight is 307 g/mol. The highest BCUT2D eigenvalue weighted by Crippen LogP contribution is 2.32. The van der Waals surface area contributed by atoms with Crippen LogP contribution in [0.5, 0.6) is 0 Å². The highest BCUT2D eigenvalue weighted by Gasteiger charge is 2.12. The molecular formula is C15H15ClN2OS. The molecule has 5 heteroatoms. The molecule has 2 aromatic rings. The summed E-state index contributed by atoms with van der Waals surface area (Å²) in [6.07, 6.45) is 0. The topological polar surface area (TPSA) is 55.1 Å². The molecule has 3 N–H and O–H groups in total. The maximum atomic E-state index is 12.0. The van der Waals surface area contributed by atoms with Crippen molar-refractivity contribution in [2.24, 2.45) is 0 Å². The van der Waals surface area contributed by atoms with E-state index in [9.17, 15) is 4.79 Å². The third-order valence-corrected chi connectivity index (χ3v) is 3.95. The lowest BCUT2D eigenvalue weighted by atomic mass is 10.2. The zero-order valence-corrected chi connectivity index (χ0v) is 12.6. The third kappa shape index (κ3) is 3.68. The van der Waals surface area contributed by atoms with Crippen LogP contribution in [0.15, 0.2) is 52.3 Å². The van der Waals surface area contributed by atoms with Crippen molar-refractivity contribution in [3.63, 3.8) is 0 Å². The molecule has 0 atom stereocenters. The van der Waals surface area contributed by atoms with Crippen LogP contribution in [0.3, 0.4) is 0 Å². The van der Waals surface area contributed by atoms with E-state index in [-0.39, 0.29) is 5.91 Å². The summed E-state index contributed by atoms with van der Waals surface area (Å²) in [7, 11) is 0. The molecule has 1 amide bonds. The van der Waals surface area contributed by atoms with Crippen LogP contribution in [0.2, 0.25) is 5.02 Å². The molecule has 2 rings (SSSR count). The number of hydrogen-bond donors (Lipinski definition) is 2. The Kier molecular flexibility index (Phi) is 4.93. The van der Waals surface area contributed by atoms with Crippen molar-refractivity contribution in [3.8, 4) is 0 Å². The first-order valence-electron chi connectivity index (χ1n) is 6.21. The Morgan fingerprint density at radius 3 is 2.60 bits per heavy atom. The molecular weight excluding hydrogens is 292 g/mol. The summed E-state index contributed by atoms with van der Waals surface area (Å²) < 4.78 is 0. The second-order valence-electron chi connectivity index (χ2n) is 4.17. The molecule has 0 saturated carbocycles. The molecule has 0 aromatic heterocycles. The van der Waals surface area contributed by atoms with Gasteiger partial charge in [0.05, 0.1) is 5.56 Å². The number of carbonyl (C=O) groups excluding carboxylic acids is 1. The second kappa shape index (κ2) is 6.68. The lowest BCUT2D eigenvalue weighted by Crippen LogP contribution is -2.23. The maximum absolute atomic E-state index is 12.0. The minimum absolute atomic E-state index is 0.0936. The number of anilines is 1. The molecule has 0 bridgehead atoms. The van der Waals surface area contributed by atoms with Gasteiger partial charge in [0.2, 0.25) is 0 Å². The summed E-state index contributed by atoms with van der Waals surface area (Å²) in [6.45, 7) is 2.48. The lowest BCUT2D eigenvalue weighted by molar-refractivity contribution is 0.0953. The maximum Gasteiger partial charge on any atom is 0.252 e. The average Bonchev–Trinajstić information content (AvgIpc) is 2.42. The molecule has 0 spiro atoms. The van der Waals surface area contributed by atoms with Gasteiger partial charge < -0.3 is 11.1 Å². The standard InChI is InChI=1S/C15H15ClN2OS/c1-2-18-15(19)13-8-5-11(17)9-14(13)20-12-6-3-10(16)4-7-12/h3-9H,2,17H2,1H3,(H,18,19). The summed E-state index contributed by atoms with van der Waals surface area (Å²) in [6, 6.07) is 12.8. The first kappa shape index (κ1) is 14.8. The Bertz CT molecular complexity index is 614. The molecule has 0 aliphatic carbocycles. The minimum atomic E-state index is -0.0936. The molecule has 0 fully saturated rings. The van der Waals surface area contributed by atoms with E-state index in [1.165, 1.54) is 11.8 Å². The predicted octanol–water partition coefficient (Wildman–Crippen LogP) is 3.82. The van der Waals surface area contributed by atoms with Crippen molar-refractivity contribution in [1.82, 2.24) is 5.32 Å². The number of nitrogen functional groups attached to an aromatic ring is 1. The number of carbonyl (C=O) groups is 1. The van der Waals surface area contributed by atoms with Crippen LogP contribution < -0.4 is 11.1 Å². The van der Waals surface area contributed by atoms with Gasteiger partial charge in [-0.05, 0) is 49.4 Å². The molecule has 2 aromatic carbocycles. The molecule has 0 saturated heterocycles. The molecule has 0 heterocycles. The van der Waals surface area contributed by atoms with Crippen molar-refractivity contribution in [1.29, 1.82) is 0 Å². The predicted molar refractivity (Wildman–Crippen MR) is 84.4 cm³/mol. The highest BCUT2D eigenvalue weighted by molar-refractivity contribution is 7.99. The van der Waals surface area contributed by atoms with Crippen molar-refractivity contribution in [2.45, 2.75) is 16.7 Å². The van der Waals surface area contributed by atoms with E-state index in [0.29, 0.717) is 22.8 Å². The number of halogens is 1. The SMILES string of the molecule is CCNC(=O)c1ccc(N)cc1Sc1ccc(Cl)cc1. The zero-order chi connectivity index (χ0) is 14.5. The highest BCUT2D eigenvalue weighted by atomic mass is 35.5. The number of hydrogen-bond acceptors (Lipinski definition) is 3. The Labute approximate surface area is 127 Å². The van der Waals surface area contributed by atoms with E-state index < -0.39 is 0 Å². The lowest BCUT2D eigenvalue weighted by Gasteiger charge is -2.10. The van der Waals surface area contributed by atoms with Crippen molar-refractivity contribution in [2.75, 3.05) is 12.3 Å². The number of rotatable bonds is 4. The van der Waals surface area contributed by atoms with E-state index in [1.807, 2.05) is 37.3 Å². The van der Waals surface area contributed by atoms with Gasteiger partial charge in [0.15, 0.2) is 0 Å². The molecule has 0 radical (unpaired) electrons. The fourth-order valence-corrected chi connectivity index (χ4v) is 2.81. The van der Waals surface area contributed by atoms with Crippen LogP contribution in [-0.4, -0.2) is 12.5 Å². The van der Waals surface area contributed by atoms with Crippen molar-refractivity contribution < 1.29 is 4.79 Å².